The maximum atomic E-state index is 12.7. The molecule has 146 valence electrons. The van der Waals surface area contributed by atoms with Crippen LogP contribution in [0.2, 0.25) is 0 Å². The van der Waals surface area contributed by atoms with Crippen LogP contribution in [0.15, 0.2) is 59.4 Å². The van der Waals surface area contributed by atoms with E-state index in [4.69, 9.17) is 4.74 Å². The number of nitrogens with zero attached hydrogens (tertiary/aromatic N) is 2. The van der Waals surface area contributed by atoms with Crippen molar-refractivity contribution in [3.63, 3.8) is 0 Å². The van der Waals surface area contributed by atoms with Crippen molar-refractivity contribution in [2.24, 2.45) is 0 Å². The minimum atomic E-state index is -0.193. The highest BCUT2D eigenvalue weighted by atomic mass is 16.5. The van der Waals surface area contributed by atoms with Gasteiger partial charge in [0, 0.05) is 37.1 Å². The van der Waals surface area contributed by atoms with Crippen molar-refractivity contribution in [3.8, 4) is 5.75 Å². The van der Waals surface area contributed by atoms with Gasteiger partial charge in [0.05, 0.1) is 13.2 Å². The zero-order valence-electron chi connectivity index (χ0n) is 16.4. The third kappa shape index (κ3) is 4.52. The molecule has 0 saturated heterocycles. The van der Waals surface area contributed by atoms with Gasteiger partial charge in [-0.25, -0.2) is 4.79 Å². The third-order valence-corrected chi connectivity index (χ3v) is 4.43. The number of fused-ring (bicyclic) bond motifs is 1. The van der Waals surface area contributed by atoms with Crippen molar-refractivity contribution < 1.29 is 9.53 Å². The van der Waals surface area contributed by atoms with Gasteiger partial charge >= 0.3 is 6.03 Å². The Hall–Kier alpha value is -3.28. The normalized spacial score (nSPS) is 10.7. The smallest absolute Gasteiger partial charge is 0.320 e. The second kappa shape index (κ2) is 8.61. The van der Waals surface area contributed by atoms with E-state index in [1.165, 1.54) is 4.90 Å². The van der Waals surface area contributed by atoms with Crippen molar-refractivity contribution >= 4 is 16.9 Å². The van der Waals surface area contributed by atoms with Crippen LogP contribution in [0.4, 0.5) is 4.79 Å². The summed E-state index contributed by atoms with van der Waals surface area (Å²) in [6, 6.07) is 17.0. The summed E-state index contributed by atoms with van der Waals surface area (Å²) in [7, 11) is 3.42. The Balaban J connectivity index is 1.94. The van der Waals surface area contributed by atoms with Gasteiger partial charge in [-0.05, 0) is 36.8 Å². The second-order valence-electron chi connectivity index (χ2n) is 6.82. The number of amides is 2. The van der Waals surface area contributed by atoms with Crippen molar-refractivity contribution in [3.05, 3.63) is 76.1 Å². The monoisotopic (exact) mass is 379 g/mol. The number of hydrogen-bond acceptors (Lipinski definition) is 3. The van der Waals surface area contributed by atoms with Gasteiger partial charge in [0.25, 0.3) is 5.56 Å². The maximum Gasteiger partial charge on any atom is 0.320 e. The molecule has 0 aliphatic carbocycles. The van der Waals surface area contributed by atoms with E-state index < -0.39 is 0 Å². The lowest BCUT2D eigenvalue weighted by Crippen LogP contribution is -2.39. The molecule has 0 unspecified atom stereocenters. The summed E-state index contributed by atoms with van der Waals surface area (Å²) in [5.74, 6) is 0.749. The summed E-state index contributed by atoms with van der Waals surface area (Å²) < 4.78 is 5.55. The molecule has 28 heavy (non-hydrogen) atoms. The first kappa shape index (κ1) is 19.5. The summed E-state index contributed by atoms with van der Waals surface area (Å²) in [4.78, 5) is 31.4. The van der Waals surface area contributed by atoms with Crippen LogP contribution in [0.25, 0.3) is 10.9 Å². The molecule has 0 bridgehead atoms. The van der Waals surface area contributed by atoms with Crippen LogP contribution in [0.3, 0.4) is 0 Å². The van der Waals surface area contributed by atoms with Gasteiger partial charge in [-0.2, -0.15) is 0 Å². The molecule has 6 nitrogen and oxygen atoms in total. The number of hydrogen-bond donors (Lipinski definition) is 1. The predicted molar refractivity (Wildman–Crippen MR) is 111 cm³/mol. The minimum absolute atomic E-state index is 0.147. The van der Waals surface area contributed by atoms with E-state index in [1.54, 1.807) is 19.0 Å². The average molecular weight is 379 g/mol. The molecule has 0 radical (unpaired) electrons. The minimum Gasteiger partial charge on any atom is -0.494 e. The average Bonchev–Trinajstić information content (AvgIpc) is 2.68. The van der Waals surface area contributed by atoms with E-state index >= 15 is 0 Å². The highest BCUT2D eigenvalue weighted by molar-refractivity contribution is 5.80. The molecule has 0 atom stereocenters. The van der Waals surface area contributed by atoms with E-state index in [9.17, 15) is 9.59 Å². The molecular formula is C22H25N3O3. The quantitative estimate of drug-likeness (QED) is 0.711. The first-order valence-corrected chi connectivity index (χ1v) is 9.27. The third-order valence-electron chi connectivity index (χ3n) is 4.43. The van der Waals surface area contributed by atoms with E-state index in [0.29, 0.717) is 18.7 Å². The first-order chi connectivity index (χ1) is 13.5. The van der Waals surface area contributed by atoms with Crippen molar-refractivity contribution in [2.75, 3.05) is 20.7 Å². The summed E-state index contributed by atoms with van der Waals surface area (Å²) >= 11 is 0. The Morgan fingerprint density at radius 2 is 1.79 bits per heavy atom. The van der Waals surface area contributed by atoms with E-state index in [1.807, 2.05) is 61.5 Å². The number of aromatic amines is 1. The van der Waals surface area contributed by atoms with Crippen LogP contribution in [0.1, 0.15) is 18.1 Å². The molecule has 0 saturated carbocycles. The van der Waals surface area contributed by atoms with Crippen LogP contribution in [0.5, 0.6) is 5.75 Å². The summed E-state index contributed by atoms with van der Waals surface area (Å²) in [6.07, 6.45) is 0. The molecule has 0 aliphatic rings. The molecule has 0 fully saturated rings. The van der Waals surface area contributed by atoms with E-state index in [2.05, 4.69) is 4.98 Å². The number of pyridine rings is 1. The lowest BCUT2D eigenvalue weighted by molar-refractivity contribution is 0.165. The summed E-state index contributed by atoms with van der Waals surface area (Å²) in [5, 5.41) is 0.873. The number of H-pyrrole nitrogens is 1. The van der Waals surface area contributed by atoms with Crippen molar-refractivity contribution in [1.29, 1.82) is 0 Å². The lowest BCUT2D eigenvalue weighted by atomic mass is 10.1. The first-order valence-electron chi connectivity index (χ1n) is 9.27. The Kier molecular flexibility index (Phi) is 5.99. The van der Waals surface area contributed by atoms with Crippen LogP contribution >= 0.6 is 0 Å². The van der Waals surface area contributed by atoms with Crippen LogP contribution < -0.4 is 10.3 Å². The fraction of sp³-hybridized carbons (Fsp3) is 0.273. The van der Waals surface area contributed by atoms with Gasteiger partial charge in [-0.15, -0.1) is 0 Å². The molecular weight excluding hydrogens is 354 g/mol. The fourth-order valence-electron chi connectivity index (χ4n) is 3.09. The molecule has 6 heteroatoms. The standard InChI is InChI=1S/C22H25N3O3/c1-4-28-19-10-11-20-17(13-19)12-18(21(26)23-20)15-25(22(27)24(2)3)14-16-8-6-5-7-9-16/h5-13H,4,14-15H2,1-3H3,(H,23,26). The van der Waals surface area contributed by atoms with E-state index in [-0.39, 0.29) is 18.1 Å². The molecule has 1 heterocycles. The second-order valence-corrected chi connectivity index (χ2v) is 6.82. The Morgan fingerprint density at radius 1 is 1.04 bits per heavy atom. The number of carbonyl (C=O) groups is 1. The predicted octanol–water partition coefficient (Wildman–Crippen LogP) is 3.61. The topological polar surface area (TPSA) is 65.6 Å². The van der Waals surface area contributed by atoms with Gasteiger partial charge in [0.15, 0.2) is 0 Å². The largest absolute Gasteiger partial charge is 0.494 e. The van der Waals surface area contributed by atoms with Crippen molar-refractivity contribution in [1.82, 2.24) is 14.8 Å². The number of rotatable bonds is 6. The Bertz CT molecular complexity index is 1010. The van der Waals surface area contributed by atoms with Crippen LogP contribution in [-0.4, -0.2) is 41.5 Å². The molecule has 2 amide bonds. The van der Waals surface area contributed by atoms with Gasteiger partial charge in [0.2, 0.25) is 0 Å². The number of nitrogens with one attached hydrogen (secondary N) is 1. The number of benzene rings is 2. The number of carbonyl (C=O) groups excluding carboxylic acids is 1. The summed E-state index contributed by atoms with van der Waals surface area (Å²) in [5.41, 5.74) is 2.09. The molecule has 3 rings (SSSR count). The van der Waals surface area contributed by atoms with Gasteiger partial charge in [-0.1, -0.05) is 30.3 Å². The molecule has 0 spiro atoms. The molecule has 1 aromatic heterocycles. The number of urea groups is 1. The molecule has 2 aromatic carbocycles. The Labute approximate surface area is 164 Å². The SMILES string of the molecule is CCOc1ccc2[nH]c(=O)c(CN(Cc3ccccc3)C(=O)N(C)C)cc2c1. The lowest BCUT2D eigenvalue weighted by Gasteiger charge is -2.26. The van der Waals surface area contributed by atoms with Gasteiger partial charge in [-0.3, -0.25) is 4.79 Å². The van der Waals surface area contributed by atoms with Crippen molar-refractivity contribution in [2.45, 2.75) is 20.0 Å². The van der Waals surface area contributed by atoms with Crippen LogP contribution in [-0.2, 0) is 13.1 Å². The number of aromatic nitrogens is 1. The zero-order valence-corrected chi connectivity index (χ0v) is 16.4. The van der Waals surface area contributed by atoms with Gasteiger partial charge < -0.3 is 19.5 Å². The van der Waals surface area contributed by atoms with Crippen LogP contribution in [0, 0.1) is 0 Å². The Morgan fingerprint density at radius 3 is 2.46 bits per heavy atom. The highest BCUT2D eigenvalue weighted by Gasteiger charge is 2.18. The van der Waals surface area contributed by atoms with Gasteiger partial charge in [0.1, 0.15) is 5.75 Å². The number of ether oxygens (including phenoxy) is 1. The molecule has 3 aromatic rings. The fourth-order valence-corrected chi connectivity index (χ4v) is 3.09. The molecule has 0 aliphatic heterocycles. The zero-order chi connectivity index (χ0) is 20.1. The maximum absolute atomic E-state index is 12.7. The van der Waals surface area contributed by atoms with E-state index in [0.717, 1.165) is 22.2 Å². The summed E-state index contributed by atoms with van der Waals surface area (Å²) in [6.45, 7) is 3.14. The molecule has 1 N–H and O–H groups in total. The highest BCUT2D eigenvalue weighted by Crippen LogP contribution is 2.20.